The molecule has 0 bridgehead atoms. The number of carbonyl (C=O) groups excluding carboxylic acids is 2. The summed E-state index contributed by atoms with van der Waals surface area (Å²) in [6, 6.07) is 28.1. The molecule has 4 aromatic carbocycles. The number of para-hydroxylation sites is 2. The Morgan fingerprint density at radius 3 is 1.33 bits per heavy atom. The van der Waals surface area contributed by atoms with E-state index in [1.807, 2.05) is 60.7 Å². The zero-order valence-corrected chi connectivity index (χ0v) is 33.8. The normalized spacial score (nSPS) is 10.9. The van der Waals surface area contributed by atoms with E-state index in [0.717, 1.165) is 11.4 Å². The SMILES string of the molecule is Cc1nn(-c2ccccc2)c(N)c1N=Nc1ccc(-c2ccc(N=Nc3c(C)nn(-c4ccccc4)c3N)c(OCC(=O)[O-])c2)cc1OCC(=O)[O-].[Na+].[Na+]. The maximum Gasteiger partial charge on any atom is 1.00 e. The van der Waals surface area contributed by atoms with Gasteiger partial charge in [-0.25, -0.2) is 9.36 Å². The van der Waals surface area contributed by atoms with Crippen LogP contribution >= 0.6 is 0 Å². The summed E-state index contributed by atoms with van der Waals surface area (Å²) in [5, 5.41) is 48.8. The zero-order valence-electron chi connectivity index (χ0n) is 29.8. The first-order chi connectivity index (χ1) is 25.1. The van der Waals surface area contributed by atoms with Gasteiger partial charge in [-0.05, 0) is 73.5 Å². The van der Waals surface area contributed by atoms with Gasteiger partial charge >= 0.3 is 59.1 Å². The number of hydrogen-bond donors (Lipinski definition) is 2. The number of ether oxygens (including phenoxy) is 2. The van der Waals surface area contributed by atoms with Crippen molar-refractivity contribution in [3.63, 3.8) is 0 Å². The number of benzene rings is 4. The van der Waals surface area contributed by atoms with Crippen LogP contribution in [0.2, 0.25) is 0 Å². The Hall–Kier alpha value is -5.36. The maximum absolute atomic E-state index is 11.3. The molecular formula is C36H30N10Na2O6. The molecule has 0 aliphatic heterocycles. The van der Waals surface area contributed by atoms with Gasteiger partial charge in [-0.3, -0.25) is 0 Å². The molecule has 54 heavy (non-hydrogen) atoms. The first-order valence-electron chi connectivity index (χ1n) is 15.7. The molecule has 16 nitrogen and oxygen atoms in total. The van der Waals surface area contributed by atoms with Crippen molar-refractivity contribution < 1.29 is 88.4 Å². The second-order valence-electron chi connectivity index (χ2n) is 11.2. The van der Waals surface area contributed by atoms with Gasteiger partial charge in [-0.15, -0.1) is 20.5 Å². The van der Waals surface area contributed by atoms with E-state index in [1.54, 1.807) is 50.2 Å². The molecule has 0 amide bonds. The number of nitrogen functional groups attached to an aromatic ring is 2. The molecule has 2 heterocycles. The number of aryl methyl sites for hydroxylation is 2. The summed E-state index contributed by atoms with van der Waals surface area (Å²) in [7, 11) is 0. The molecule has 0 saturated carbocycles. The number of aromatic nitrogens is 4. The Morgan fingerprint density at radius 1 is 0.611 bits per heavy atom. The minimum atomic E-state index is -1.45. The summed E-state index contributed by atoms with van der Waals surface area (Å²) < 4.78 is 14.1. The minimum absolute atomic E-state index is 0. The van der Waals surface area contributed by atoms with E-state index in [-0.39, 0.29) is 93.6 Å². The van der Waals surface area contributed by atoms with Crippen molar-refractivity contribution in [2.45, 2.75) is 13.8 Å². The molecule has 0 atom stereocenters. The van der Waals surface area contributed by atoms with Crippen LogP contribution in [0.15, 0.2) is 118 Å². The summed E-state index contributed by atoms with van der Waals surface area (Å²) in [5.74, 6) is -2.25. The molecular weight excluding hydrogens is 714 g/mol. The Bertz CT molecular complexity index is 2170. The number of hydrogen-bond acceptors (Lipinski definition) is 14. The van der Waals surface area contributed by atoms with Crippen LogP contribution in [0.5, 0.6) is 11.5 Å². The van der Waals surface area contributed by atoms with Crippen molar-refractivity contribution in [2.75, 3.05) is 24.7 Å². The summed E-state index contributed by atoms with van der Waals surface area (Å²) >= 11 is 0. The molecule has 0 radical (unpaired) electrons. The molecule has 18 heteroatoms. The van der Waals surface area contributed by atoms with E-state index >= 15 is 0 Å². The van der Waals surface area contributed by atoms with Gasteiger partial charge in [-0.2, -0.15) is 10.2 Å². The Balaban J connectivity index is 0.00000325. The van der Waals surface area contributed by atoms with Gasteiger partial charge in [0.05, 0.1) is 34.7 Å². The Labute approximate surface area is 353 Å². The summed E-state index contributed by atoms with van der Waals surface area (Å²) in [6.07, 6.45) is 0. The number of rotatable bonds is 13. The molecule has 0 fully saturated rings. The van der Waals surface area contributed by atoms with Gasteiger partial charge in [0.1, 0.15) is 36.1 Å². The third-order valence-corrected chi connectivity index (χ3v) is 7.59. The van der Waals surface area contributed by atoms with Crippen LogP contribution in [-0.2, 0) is 9.59 Å². The van der Waals surface area contributed by atoms with E-state index in [4.69, 9.17) is 20.9 Å². The number of nitrogens with two attached hydrogens (primary N) is 2. The van der Waals surface area contributed by atoms with Gasteiger partial charge < -0.3 is 40.7 Å². The first-order valence-corrected chi connectivity index (χ1v) is 15.7. The average molecular weight is 745 g/mol. The van der Waals surface area contributed by atoms with E-state index in [9.17, 15) is 19.8 Å². The molecule has 6 rings (SSSR count). The number of carboxylic acids is 2. The summed E-state index contributed by atoms with van der Waals surface area (Å²) in [4.78, 5) is 22.6. The predicted octanol–water partition coefficient (Wildman–Crippen LogP) is -1.40. The van der Waals surface area contributed by atoms with Crippen LogP contribution in [0.3, 0.4) is 0 Å². The fourth-order valence-corrected chi connectivity index (χ4v) is 5.12. The van der Waals surface area contributed by atoms with Crippen LogP contribution in [0.25, 0.3) is 22.5 Å². The minimum Gasteiger partial charge on any atom is -0.546 e. The number of azo groups is 2. The number of nitrogens with zero attached hydrogens (tertiary/aromatic N) is 8. The summed E-state index contributed by atoms with van der Waals surface area (Å²) in [6.45, 7) is 1.94. The molecule has 4 N–H and O–H groups in total. The maximum atomic E-state index is 11.3. The molecule has 2 aromatic heterocycles. The van der Waals surface area contributed by atoms with Crippen LogP contribution < -0.4 is 90.3 Å². The van der Waals surface area contributed by atoms with Crippen LogP contribution in [-0.4, -0.2) is 44.7 Å². The topological polar surface area (TPSA) is 236 Å². The van der Waals surface area contributed by atoms with E-state index < -0.39 is 25.2 Å². The molecule has 6 aromatic rings. The predicted molar refractivity (Wildman–Crippen MR) is 187 cm³/mol. The van der Waals surface area contributed by atoms with Gasteiger partial charge in [0.2, 0.25) is 0 Å². The fourth-order valence-electron chi connectivity index (χ4n) is 5.12. The van der Waals surface area contributed by atoms with Crippen LogP contribution in [0, 0.1) is 13.8 Å². The average Bonchev–Trinajstić information content (AvgIpc) is 3.60. The largest absolute Gasteiger partial charge is 1.00 e. The Morgan fingerprint density at radius 2 is 0.981 bits per heavy atom. The van der Waals surface area contributed by atoms with Crippen molar-refractivity contribution in [1.29, 1.82) is 0 Å². The van der Waals surface area contributed by atoms with Crippen LogP contribution in [0.4, 0.5) is 34.4 Å². The number of aliphatic carboxylic acids is 2. The van der Waals surface area contributed by atoms with Crippen molar-refractivity contribution in [2.24, 2.45) is 20.5 Å². The number of anilines is 2. The molecule has 0 unspecified atom stereocenters. The molecule has 0 spiro atoms. The number of carbonyl (C=O) groups is 2. The van der Waals surface area contributed by atoms with Crippen molar-refractivity contribution >= 4 is 46.3 Å². The first kappa shape index (κ1) is 41.4. The molecule has 0 saturated heterocycles. The third kappa shape index (κ3) is 9.59. The number of carboxylic acid groups (broad SMARTS) is 2. The van der Waals surface area contributed by atoms with E-state index in [1.165, 1.54) is 9.36 Å². The second-order valence-corrected chi connectivity index (χ2v) is 11.2. The quantitative estimate of drug-likeness (QED) is 0.104. The van der Waals surface area contributed by atoms with Crippen molar-refractivity contribution in [1.82, 2.24) is 19.6 Å². The second kappa shape index (κ2) is 18.6. The Kier molecular flexibility index (Phi) is 14.3. The molecule has 0 aliphatic rings. The van der Waals surface area contributed by atoms with E-state index in [2.05, 4.69) is 30.7 Å². The van der Waals surface area contributed by atoms with Gasteiger partial charge in [-0.1, -0.05) is 48.5 Å². The standard InChI is InChI=1S/C36H32N10O6.2Na/c1-21-33(35(37)45(43-21)25-9-5-3-6-10-25)41-39-27-15-13-23(17-29(27)51-19-31(47)48)24-14-16-28(30(18-24)52-20-32(49)50)40-42-34-22(2)44-46(36(34)38)26-11-7-4-8-12-26;;/h3-18H,19-20,37-38H2,1-2H3,(H,47,48)(H,49,50);;/q;2*+1/p-2. The summed E-state index contributed by atoms with van der Waals surface area (Å²) in [5.41, 5.74) is 17.3. The molecule has 262 valence electrons. The van der Waals surface area contributed by atoms with Gasteiger partial charge in [0, 0.05) is 0 Å². The smallest absolute Gasteiger partial charge is 0.546 e. The zero-order chi connectivity index (χ0) is 36.8. The van der Waals surface area contributed by atoms with E-state index in [0.29, 0.717) is 33.9 Å². The van der Waals surface area contributed by atoms with Crippen molar-refractivity contribution in [3.8, 4) is 34.0 Å². The van der Waals surface area contributed by atoms with Crippen LogP contribution in [0.1, 0.15) is 11.4 Å². The fraction of sp³-hybridized carbons (Fsp3) is 0.111. The van der Waals surface area contributed by atoms with Gasteiger partial charge in [0.25, 0.3) is 0 Å². The van der Waals surface area contributed by atoms with Crippen molar-refractivity contribution in [3.05, 3.63) is 108 Å². The van der Waals surface area contributed by atoms with Gasteiger partial charge in [0.15, 0.2) is 23.0 Å². The third-order valence-electron chi connectivity index (χ3n) is 7.59. The molecule has 0 aliphatic carbocycles. The monoisotopic (exact) mass is 744 g/mol.